The van der Waals surface area contributed by atoms with E-state index in [4.69, 9.17) is 0 Å². The van der Waals surface area contributed by atoms with Gasteiger partial charge in [-0.25, -0.2) is 0 Å². The normalized spacial score (nSPS) is 11.6. The summed E-state index contributed by atoms with van der Waals surface area (Å²) in [6, 6.07) is 54.6. The number of hydrogen-bond acceptors (Lipinski definition) is 0. The zero-order valence-corrected chi connectivity index (χ0v) is 29.3. The summed E-state index contributed by atoms with van der Waals surface area (Å²) in [6.07, 6.45) is 0. The second-order valence-corrected chi connectivity index (χ2v) is 21.3. The number of benzene rings is 8. The number of aryl methyl sites for hydroxylation is 2. The van der Waals surface area contributed by atoms with Gasteiger partial charge in [-0.3, -0.25) is 0 Å². The van der Waals surface area contributed by atoms with Crippen molar-refractivity contribution in [3.63, 3.8) is 0 Å². The van der Waals surface area contributed by atoms with Crippen molar-refractivity contribution in [3.05, 3.63) is 157 Å². The minimum atomic E-state index is -0.473. The molecular formula is C42H30Te2. The molecule has 0 N–H and O–H groups in total. The van der Waals surface area contributed by atoms with Gasteiger partial charge in [-0.2, -0.15) is 0 Å². The molecule has 8 aromatic rings. The predicted octanol–water partition coefficient (Wildman–Crippen LogP) is 9.52. The van der Waals surface area contributed by atoms with Crippen LogP contribution in [0.25, 0.3) is 65.3 Å². The van der Waals surface area contributed by atoms with Crippen LogP contribution in [0.15, 0.2) is 146 Å². The van der Waals surface area contributed by atoms with E-state index in [0.717, 1.165) is 0 Å². The van der Waals surface area contributed by atoms with E-state index in [1.807, 2.05) is 0 Å². The van der Waals surface area contributed by atoms with Crippen LogP contribution in [0, 0.1) is 13.8 Å². The third-order valence-electron chi connectivity index (χ3n) is 8.78. The van der Waals surface area contributed by atoms with E-state index < -0.39 is 34.1 Å². The van der Waals surface area contributed by atoms with Crippen LogP contribution in [0.3, 0.4) is 0 Å². The standard InChI is InChI=1S/C42H30Te2/c1-27-19-21-29-11-3-7-15-33(29)39(27)41-35-17-9-5-13-31(35)23-25-37(41)43-44-38-26-24-32-14-6-10-18-36(32)42(38)40-28(2)20-22-30-12-4-8-16-34(30)40/h3-26H,1-2H3. The first-order valence-electron chi connectivity index (χ1n) is 15.0. The molecule has 0 bridgehead atoms. The second kappa shape index (κ2) is 11.7. The van der Waals surface area contributed by atoms with Gasteiger partial charge in [0.1, 0.15) is 0 Å². The molecule has 8 aromatic carbocycles. The Morgan fingerprint density at radius 3 is 0.955 bits per heavy atom. The summed E-state index contributed by atoms with van der Waals surface area (Å²) >= 11 is -0.945. The molecule has 44 heavy (non-hydrogen) atoms. The summed E-state index contributed by atoms with van der Waals surface area (Å²) in [7, 11) is 0. The van der Waals surface area contributed by atoms with Gasteiger partial charge in [-0.15, -0.1) is 0 Å². The van der Waals surface area contributed by atoms with E-state index in [0.29, 0.717) is 0 Å². The zero-order valence-electron chi connectivity index (χ0n) is 24.7. The molecule has 0 nitrogen and oxygen atoms in total. The van der Waals surface area contributed by atoms with Gasteiger partial charge in [0.2, 0.25) is 0 Å². The van der Waals surface area contributed by atoms with Crippen LogP contribution in [0.2, 0.25) is 0 Å². The molecule has 0 aliphatic heterocycles. The van der Waals surface area contributed by atoms with Crippen molar-refractivity contribution >= 4 is 84.4 Å². The van der Waals surface area contributed by atoms with E-state index in [-0.39, 0.29) is 0 Å². The fourth-order valence-electron chi connectivity index (χ4n) is 6.67. The molecule has 8 rings (SSSR count). The summed E-state index contributed by atoms with van der Waals surface area (Å²) < 4.78 is 3.18. The van der Waals surface area contributed by atoms with Gasteiger partial charge in [-0.1, -0.05) is 0 Å². The summed E-state index contributed by atoms with van der Waals surface area (Å²) in [5.41, 5.74) is 8.47. The molecule has 210 valence electrons. The Morgan fingerprint density at radius 2 is 0.591 bits per heavy atom. The molecule has 2 heteroatoms. The SMILES string of the molecule is Cc1ccc2ccccc2c1-c1c([Te][Te]c2ccc3ccccc3c2-c2c(C)ccc3ccccc23)ccc2ccccc12. The van der Waals surface area contributed by atoms with Gasteiger partial charge in [0.25, 0.3) is 0 Å². The quantitative estimate of drug-likeness (QED) is 0.153. The molecule has 0 atom stereocenters. The van der Waals surface area contributed by atoms with Crippen LogP contribution >= 0.6 is 0 Å². The van der Waals surface area contributed by atoms with Crippen molar-refractivity contribution in [3.8, 4) is 22.3 Å². The average molecular weight is 790 g/mol. The second-order valence-electron chi connectivity index (χ2n) is 11.4. The molecule has 0 amide bonds. The Bertz CT molecular complexity index is 2200. The first kappa shape index (κ1) is 27.9. The molecule has 0 unspecified atom stereocenters. The van der Waals surface area contributed by atoms with Crippen LogP contribution in [-0.4, -0.2) is 34.1 Å². The summed E-state index contributed by atoms with van der Waals surface area (Å²) in [4.78, 5) is 0. The Labute approximate surface area is 275 Å². The van der Waals surface area contributed by atoms with E-state index >= 15 is 0 Å². The van der Waals surface area contributed by atoms with E-state index in [1.54, 1.807) is 7.22 Å². The van der Waals surface area contributed by atoms with Gasteiger partial charge < -0.3 is 0 Å². The fraction of sp³-hybridized carbons (Fsp3) is 0.0476. The van der Waals surface area contributed by atoms with Gasteiger partial charge in [0.15, 0.2) is 0 Å². The molecule has 0 aliphatic rings. The topological polar surface area (TPSA) is 0 Å². The van der Waals surface area contributed by atoms with Crippen molar-refractivity contribution in [1.82, 2.24) is 0 Å². The minimum absolute atomic E-state index is 0.473. The third-order valence-corrected chi connectivity index (χ3v) is 20.5. The molecule has 0 radical (unpaired) electrons. The first-order valence-corrected chi connectivity index (χ1v) is 24.7. The number of hydrogen-bond donors (Lipinski definition) is 0. The van der Waals surface area contributed by atoms with Crippen molar-refractivity contribution < 1.29 is 0 Å². The molecule has 0 aromatic heterocycles. The van der Waals surface area contributed by atoms with E-state index in [2.05, 4.69) is 159 Å². The average Bonchev–Trinajstić information content (AvgIpc) is 3.07. The number of fused-ring (bicyclic) bond motifs is 4. The molecule has 0 heterocycles. The van der Waals surface area contributed by atoms with Crippen LogP contribution in [0.4, 0.5) is 0 Å². The van der Waals surface area contributed by atoms with Gasteiger partial charge in [0, 0.05) is 0 Å². The molecule has 0 aliphatic carbocycles. The van der Waals surface area contributed by atoms with Crippen LogP contribution in [0.5, 0.6) is 0 Å². The Kier molecular flexibility index (Phi) is 7.42. The molecule has 0 saturated heterocycles. The van der Waals surface area contributed by atoms with Crippen molar-refractivity contribution in [2.75, 3.05) is 0 Å². The Balaban J connectivity index is 1.34. The summed E-state index contributed by atoms with van der Waals surface area (Å²) in [6.45, 7) is 4.57. The Morgan fingerprint density at radius 1 is 0.295 bits per heavy atom. The van der Waals surface area contributed by atoms with Crippen LogP contribution in [-0.2, 0) is 0 Å². The molecule has 0 saturated carbocycles. The third kappa shape index (κ3) is 4.83. The molecular weight excluding hydrogens is 760 g/mol. The monoisotopic (exact) mass is 794 g/mol. The number of rotatable bonds is 5. The van der Waals surface area contributed by atoms with Crippen LogP contribution in [0.1, 0.15) is 11.1 Å². The van der Waals surface area contributed by atoms with Crippen molar-refractivity contribution in [2.45, 2.75) is 13.8 Å². The van der Waals surface area contributed by atoms with Gasteiger partial charge in [-0.05, 0) is 0 Å². The van der Waals surface area contributed by atoms with Gasteiger partial charge in [0.05, 0.1) is 0 Å². The maximum atomic E-state index is 2.47. The van der Waals surface area contributed by atoms with Crippen molar-refractivity contribution in [1.29, 1.82) is 0 Å². The zero-order chi connectivity index (χ0) is 29.6. The predicted molar refractivity (Wildman–Crippen MR) is 194 cm³/mol. The first-order chi connectivity index (χ1) is 21.7. The molecule has 0 spiro atoms. The van der Waals surface area contributed by atoms with Gasteiger partial charge >= 0.3 is 277 Å². The van der Waals surface area contributed by atoms with Crippen LogP contribution < -0.4 is 7.22 Å². The van der Waals surface area contributed by atoms with Crippen molar-refractivity contribution in [2.24, 2.45) is 0 Å². The van der Waals surface area contributed by atoms with E-state index in [9.17, 15) is 0 Å². The maximum absolute atomic E-state index is 2.47. The fourth-order valence-corrected chi connectivity index (χ4v) is 18.3. The summed E-state index contributed by atoms with van der Waals surface area (Å²) in [5.74, 6) is 0. The van der Waals surface area contributed by atoms with E-state index in [1.165, 1.54) is 76.5 Å². The summed E-state index contributed by atoms with van der Waals surface area (Å²) in [5, 5.41) is 10.7. The molecule has 0 fully saturated rings. The Hall–Kier alpha value is -3.62.